The Morgan fingerprint density at radius 1 is 1.35 bits per heavy atom. The minimum absolute atomic E-state index is 0.231. The second kappa shape index (κ2) is 5.29. The van der Waals surface area contributed by atoms with Gasteiger partial charge in [-0.1, -0.05) is 32.0 Å². The third kappa shape index (κ3) is 2.10. The van der Waals surface area contributed by atoms with E-state index in [0.717, 1.165) is 11.6 Å². The molecule has 0 bridgehead atoms. The third-order valence-electron chi connectivity index (χ3n) is 3.93. The highest BCUT2D eigenvalue weighted by atomic mass is 16.5. The zero-order valence-corrected chi connectivity index (χ0v) is 12.2. The van der Waals surface area contributed by atoms with Crippen LogP contribution in [0.25, 0.3) is 0 Å². The Balaban J connectivity index is 2.01. The molecule has 1 aromatic carbocycles. The van der Waals surface area contributed by atoms with E-state index in [1.807, 2.05) is 25.4 Å². The molecule has 1 N–H and O–H groups in total. The minimum atomic E-state index is 0.231. The molecule has 0 spiro atoms. The first-order valence-electron chi connectivity index (χ1n) is 7.14. The van der Waals surface area contributed by atoms with Crippen LogP contribution in [0.15, 0.2) is 36.7 Å². The molecule has 0 radical (unpaired) electrons. The fourth-order valence-electron chi connectivity index (χ4n) is 2.99. The van der Waals surface area contributed by atoms with E-state index in [1.54, 1.807) is 0 Å². The van der Waals surface area contributed by atoms with Crippen LogP contribution in [0.2, 0.25) is 0 Å². The van der Waals surface area contributed by atoms with Crippen LogP contribution >= 0.6 is 0 Å². The number of benzene rings is 1. The summed E-state index contributed by atoms with van der Waals surface area (Å²) in [7, 11) is 2.01. The van der Waals surface area contributed by atoms with Gasteiger partial charge in [0.15, 0.2) is 0 Å². The molecular weight excluding hydrogens is 250 g/mol. The molecule has 3 rings (SSSR count). The van der Waals surface area contributed by atoms with Gasteiger partial charge in [0.05, 0.1) is 12.1 Å². The molecule has 2 aromatic rings. The first kappa shape index (κ1) is 13.2. The van der Waals surface area contributed by atoms with Gasteiger partial charge in [0.1, 0.15) is 18.2 Å². The average Bonchev–Trinajstić information content (AvgIpc) is 2.95. The van der Waals surface area contributed by atoms with Crippen molar-refractivity contribution >= 4 is 0 Å². The molecule has 0 saturated carbocycles. The first-order chi connectivity index (χ1) is 9.72. The zero-order chi connectivity index (χ0) is 14.1. The normalized spacial score (nSPS) is 21.6. The molecule has 1 aliphatic rings. The van der Waals surface area contributed by atoms with Crippen LogP contribution in [0.1, 0.15) is 43.2 Å². The maximum Gasteiger partial charge on any atom is 0.124 e. The Kier molecular flexibility index (Phi) is 3.49. The van der Waals surface area contributed by atoms with Crippen LogP contribution in [0.5, 0.6) is 5.75 Å². The summed E-state index contributed by atoms with van der Waals surface area (Å²) in [6.45, 7) is 5.01. The molecule has 20 heavy (non-hydrogen) atoms. The average molecular weight is 271 g/mol. The van der Waals surface area contributed by atoms with E-state index >= 15 is 0 Å². The molecule has 0 saturated heterocycles. The van der Waals surface area contributed by atoms with Crippen LogP contribution < -0.4 is 10.1 Å². The predicted molar refractivity (Wildman–Crippen MR) is 79.1 cm³/mol. The van der Waals surface area contributed by atoms with Crippen molar-refractivity contribution in [2.24, 2.45) is 0 Å². The van der Waals surface area contributed by atoms with Gasteiger partial charge in [-0.05, 0) is 13.1 Å². The van der Waals surface area contributed by atoms with Gasteiger partial charge in [0, 0.05) is 23.9 Å². The summed E-state index contributed by atoms with van der Waals surface area (Å²) in [6, 6.07) is 8.72. The van der Waals surface area contributed by atoms with Crippen molar-refractivity contribution in [2.45, 2.75) is 31.8 Å². The Morgan fingerprint density at radius 3 is 2.90 bits per heavy atom. The number of imidazole rings is 1. The van der Waals surface area contributed by atoms with Gasteiger partial charge in [-0.25, -0.2) is 4.98 Å². The van der Waals surface area contributed by atoms with E-state index in [0.29, 0.717) is 12.5 Å². The van der Waals surface area contributed by atoms with Gasteiger partial charge < -0.3 is 14.6 Å². The van der Waals surface area contributed by atoms with E-state index in [4.69, 9.17) is 4.74 Å². The van der Waals surface area contributed by atoms with Crippen LogP contribution in [0.4, 0.5) is 0 Å². The van der Waals surface area contributed by atoms with Gasteiger partial charge in [0.2, 0.25) is 0 Å². The number of fused-ring (bicyclic) bond motifs is 1. The summed E-state index contributed by atoms with van der Waals surface area (Å²) in [5.41, 5.74) is 1.22. The number of para-hydroxylation sites is 1. The van der Waals surface area contributed by atoms with Crippen molar-refractivity contribution < 1.29 is 4.74 Å². The van der Waals surface area contributed by atoms with Gasteiger partial charge in [0.25, 0.3) is 0 Å². The molecule has 1 aliphatic heterocycles. The number of ether oxygens (including phenoxy) is 1. The number of aromatic nitrogens is 2. The molecular formula is C16H21N3O. The van der Waals surface area contributed by atoms with Crippen molar-refractivity contribution in [1.29, 1.82) is 0 Å². The monoisotopic (exact) mass is 271 g/mol. The molecule has 2 atom stereocenters. The van der Waals surface area contributed by atoms with E-state index in [-0.39, 0.29) is 12.1 Å². The quantitative estimate of drug-likeness (QED) is 0.933. The highest BCUT2D eigenvalue weighted by molar-refractivity contribution is 5.38. The summed E-state index contributed by atoms with van der Waals surface area (Å²) in [5.74, 6) is 2.49. The zero-order valence-electron chi connectivity index (χ0n) is 12.2. The molecule has 0 amide bonds. The predicted octanol–water partition coefficient (Wildman–Crippen LogP) is 2.90. The summed E-state index contributed by atoms with van der Waals surface area (Å²) >= 11 is 0. The number of hydrogen-bond acceptors (Lipinski definition) is 3. The standard InChI is InChI=1S/C16H21N3O/c1-11(2)16-18-8-9-19(16)13-10-20-14-7-5-4-6-12(14)15(13)17-3/h4-9,11,13,15,17H,10H2,1-3H3. The van der Waals surface area contributed by atoms with Gasteiger partial charge in [-0.2, -0.15) is 0 Å². The third-order valence-corrected chi connectivity index (χ3v) is 3.93. The van der Waals surface area contributed by atoms with E-state index in [1.165, 1.54) is 5.56 Å². The Hall–Kier alpha value is -1.81. The van der Waals surface area contributed by atoms with E-state index in [2.05, 4.69) is 47.0 Å². The van der Waals surface area contributed by atoms with Crippen LogP contribution in [0.3, 0.4) is 0 Å². The molecule has 4 nitrogen and oxygen atoms in total. The Labute approximate surface area is 119 Å². The van der Waals surface area contributed by atoms with E-state index in [9.17, 15) is 0 Å². The maximum atomic E-state index is 5.94. The van der Waals surface area contributed by atoms with E-state index < -0.39 is 0 Å². The molecule has 106 valence electrons. The van der Waals surface area contributed by atoms with Crippen molar-refractivity contribution in [1.82, 2.24) is 14.9 Å². The summed E-state index contributed by atoms with van der Waals surface area (Å²) in [4.78, 5) is 4.50. The van der Waals surface area contributed by atoms with Gasteiger partial charge in [-0.15, -0.1) is 0 Å². The summed E-state index contributed by atoms with van der Waals surface area (Å²) < 4.78 is 8.19. The lowest BCUT2D eigenvalue weighted by molar-refractivity contribution is 0.180. The molecule has 0 aliphatic carbocycles. The minimum Gasteiger partial charge on any atom is -0.491 e. The van der Waals surface area contributed by atoms with Crippen LogP contribution in [-0.4, -0.2) is 23.2 Å². The number of rotatable bonds is 3. The van der Waals surface area contributed by atoms with Crippen molar-refractivity contribution in [3.05, 3.63) is 48.0 Å². The number of nitrogens with zero attached hydrogens (tertiary/aromatic N) is 2. The maximum absolute atomic E-state index is 5.94. The SMILES string of the molecule is CNC1c2ccccc2OCC1n1ccnc1C(C)C. The largest absolute Gasteiger partial charge is 0.491 e. The topological polar surface area (TPSA) is 39.1 Å². The Bertz CT molecular complexity index is 591. The van der Waals surface area contributed by atoms with Gasteiger partial charge in [-0.3, -0.25) is 0 Å². The number of likely N-dealkylation sites (N-methyl/N-ethyl adjacent to an activating group) is 1. The van der Waals surface area contributed by atoms with Gasteiger partial charge >= 0.3 is 0 Å². The molecule has 2 unspecified atom stereocenters. The lowest BCUT2D eigenvalue weighted by atomic mass is 9.96. The molecule has 0 fully saturated rings. The molecule has 1 aromatic heterocycles. The number of hydrogen-bond donors (Lipinski definition) is 1. The molecule has 4 heteroatoms. The fraction of sp³-hybridized carbons (Fsp3) is 0.438. The smallest absolute Gasteiger partial charge is 0.124 e. The Morgan fingerprint density at radius 2 is 2.15 bits per heavy atom. The summed E-state index contributed by atoms with van der Waals surface area (Å²) in [6.07, 6.45) is 3.93. The molecule has 2 heterocycles. The lowest BCUT2D eigenvalue weighted by Gasteiger charge is -2.35. The second-order valence-electron chi connectivity index (χ2n) is 5.53. The first-order valence-corrected chi connectivity index (χ1v) is 7.14. The lowest BCUT2D eigenvalue weighted by Crippen LogP contribution is -2.36. The highest BCUT2D eigenvalue weighted by Gasteiger charge is 2.32. The second-order valence-corrected chi connectivity index (χ2v) is 5.53. The highest BCUT2D eigenvalue weighted by Crippen LogP contribution is 2.38. The van der Waals surface area contributed by atoms with Crippen LogP contribution in [-0.2, 0) is 0 Å². The van der Waals surface area contributed by atoms with Crippen molar-refractivity contribution in [3.8, 4) is 5.75 Å². The fourth-order valence-corrected chi connectivity index (χ4v) is 2.99. The summed E-state index contributed by atoms with van der Waals surface area (Å²) in [5, 5.41) is 3.44. The van der Waals surface area contributed by atoms with Crippen molar-refractivity contribution in [2.75, 3.05) is 13.7 Å². The van der Waals surface area contributed by atoms with Crippen LogP contribution in [0, 0.1) is 0 Å². The van der Waals surface area contributed by atoms with Crippen molar-refractivity contribution in [3.63, 3.8) is 0 Å². The number of nitrogens with one attached hydrogen (secondary N) is 1.